The second-order valence-electron chi connectivity index (χ2n) is 2.71. The monoisotopic (exact) mass is 147 g/mol. The third-order valence-electron chi connectivity index (χ3n) is 1.96. The van der Waals surface area contributed by atoms with Crippen LogP contribution >= 0.6 is 0 Å². The molecule has 2 heteroatoms. The number of rotatable bonds is 0. The molecule has 1 heterocycles. The molecule has 0 amide bonds. The van der Waals surface area contributed by atoms with Crippen LogP contribution in [0.25, 0.3) is 0 Å². The molecule has 2 nitrogen and oxygen atoms in total. The van der Waals surface area contributed by atoms with Gasteiger partial charge in [-0.15, -0.1) is 0 Å². The molecule has 0 aromatic heterocycles. The molecule has 1 aliphatic heterocycles. The molecule has 0 radical (unpaired) electrons. The molecule has 56 valence electrons. The van der Waals surface area contributed by atoms with Crippen LogP contribution in [0.5, 0.6) is 0 Å². The summed E-state index contributed by atoms with van der Waals surface area (Å²) in [4.78, 5) is 11.2. The van der Waals surface area contributed by atoms with Gasteiger partial charge in [0.1, 0.15) is 6.04 Å². The number of hydrogen-bond donors (Lipinski definition) is 1. The van der Waals surface area contributed by atoms with Gasteiger partial charge in [-0.05, 0) is 30.3 Å². The largest absolute Gasteiger partial charge is 0.378 e. The van der Waals surface area contributed by atoms with E-state index < -0.39 is 0 Å². The van der Waals surface area contributed by atoms with E-state index in [4.69, 9.17) is 0 Å². The van der Waals surface area contributed by atoms with Crippen LogP contribution in [-0.4, -0.2) is 11.8 Å². The summed E-state index contributed by atoms with van der Waals surface area (Å²) in [7, 11) is 0. The molecule has 2 aliphatic rings. The molecule has 0 aromatic rings. The Hall–Kier alpha value is -1.31. The van der Waals surface area contributed by atoms with Crippen LogP contribution in [0.4, 0.5) is 0 Å². The first-order chi connectivity index (χ1) is 5.38. The minimum atomic E-state index is -0.0787. The average molecular weight is 147 g/mol. The Bertz CT molecular complexity index is 273. The van der Waals surface area contributed by atoms with Crippen molar-refractivity contribution in [3.05, 3.63) is 36.1 Å². The van der Waals surface area contributed by atoms with E-state index in [0.717, 1.165) is 6.42 Å². The van der Waals surface area contributed by atoms with Crippen LogP contribution in [-0.2, 0) is 4.79 Å². The SMILES string of the molecule is O=C1C=CCC2=CC=CNC12. The summed E-state index contributed by atoms with van der Waals surface area (Å²) in [5.41, 5.74) is 1.17. The number of allylic oxidation sites excluding steroid dienone is 3. The first-order valence-corrected chi connectivity index (χ1v) is 3.70. The van der Waals surface area contributed by atoms with Gasteiger partial charge in [-0.25, -0.2) is 0 Å². The van der Waals surface area contributed by atoms with E-state index in [1.165, 1.54) is 5.57 Å². The van der Waals surface area contributed by atoms with Crippen LogP contribution in [0.15, 0.2) is 36.1 Å². The number of ketones is 1. The molecule has 0 spiro atoms. The fourth-order valence-electron chi connectivity index (χ4n) is 1.38. The Labute approximate surface area is 65.3 Å². The van der Waals surface area contributed by atoms with E-state index in [0.29, 0.717) is 0 Å². The molecule has 1 atom stereocenters. The van der Waals surface area contributed by atoms with Crippen LogP contribution < -0.4 is 5.32 Å². The molecule has 1 N–H and O–H groups in total. The van der Waals surface area contributed by atoms with Gasteiger partial charge >= 0.3 is 0 Å². The smallest absolute Gasteiger partial charge is 0.181 e. The lowest BCUT2D eigenvalue weighted by Crippen LogP contribution is -2.37. The molecule has 0 saturated heterocycles. The molecular weight excluding hydrogens is 138 g/mol. The quantitative estimate of drug-likeness (QED) is 0.552. The van der Waals surface area contributed by atoms with Crippen LogP contribution in [0.2, 0.25) is 0 Å². The van der Waals surface area contributed by atoms with Crippen molar-refractivity contribution in [3.8, 4) is 0 Å². The highest BCUT2D eigenvalue weighted by atomic mass is 16.1. The van der Waals surface area contributed by atoms with Gasteiger partial charge < -0.3 is 5.32 Å². The summed E-state index contributed by atoms with van der Waals surface area (Å²) in [6, 6.07) is -0.0787. The van der Waals surface area contributed by atoms with Crippen molar-refractivity contribution in [1.29, 1.82) is 0 Å². The van der Waals surface area contributed by atoms with Gasteiger partial charge in [0, 0.05) is 0 Å². The Morgan fingerprint density at radius 1 is 1.55 bits per heavy atom. The summed E-state index contributed by atoms with van der Waals surface area (Å²) >= 11 is 0. The van der Waals surface area contributed by atoms with Gasteiger partial charge in [-0.2, -0.15) is 0 Å². The van der Waals surface area contributed by atoms with E-state index in [2.05, 4.69) is 5.32 Å². The van der Waals surface area contributed by atoms with Gasteiger partial charge in [-0.3, -0.25) is 4.79 Å². The summed E-state index contributed by atoms with van der Waals surface area (Å²) in [6.07, 6.45) is 10.2. The lowest BCUT2D eigenvalue weighted by molar-refractivity contribution is -0.115. The van der Waals surface area contributed by atoms with E-state index in [1.54, 1.807) is 6.08 Å². The highest BCUT2D eigenvalue weighted by Gasteiger charge is 2.22. The number of dihydropyridines is 1. The standard InChI is InChI=1S/C9H9NO/c11-8-5-1-3-7-4-2-6-10-9(7)8/h1-2,4-6,9-10H,3H2. The normalized spacial score (nSPS) is 27.5. The van der Waals surface area contributed by atoms with E-state index in [9.17, 15) is 4.79 Å². The highest BCUT2D eigenvalue weighted by Crippen LogP contribution is 2.17. The molecule has 11 heavy (non-hydrogen) atoms. The van der Waals surface area contributed by atoms with Crippen molar-refractivity contribution in [2.24, 2.45) is 0 Å². The molecule has 1 aliphatic carbocycles. The number of carbonyl (C=O) groups is 1. The van der Waals surface area contributed by atoms with Gasteiger partial charge in [-0.1, -0.05) is 12.2 Å². The third kappa shape index (κ3) is 1.00. The predicted octanol–water partition coefficient (Wildman–Crippen LogP) is 0.927. The van der Waals surface area contributed by atoms with Crippen molar-refractivity contribution < 1.29 is 4.79 Å². The average Bonchev–Trinajstić information content (AvgIpc) is 2.06. The predicted molar refractivity (Wildman–Crippen MR) is 42.9 cm³/mol. The Morgan fingerprint density at radius 3 is 3.27 bits per heavy atom. The first-order valence-electron chi connectivity index (χ1n) is 3.70. The second kappa shape index (κ2) is 2.38. The van der Waals surface area contributed by atoms with Crippen LogP contribution in [0.1, 0.15) is 6.42 Å². The summed E-state index contributed by atoms with van der Waals surface area (Å²) in [5.74, 6) is 0.159. The van der Waals surface area contributed by atoms with E-state index in [1.807, 2.05) is 24.4 Å². The van der Waals surface area contributed by atoms with Crippen LogP contribution in [0, 0.1) is 0 Å². The Morgan fingerprint density at radius 2 is 2.45 bits per heavy atom. The van der Waals surface area contributed by atoms with E-state index in [-0.39, 0.29) is 11.8 Å². The molecule has 0 bridgehead atoms. The van der Waals surface area contributed by atoms with Crippen molar-refractivity contribution in [3.63, 3.8) is 0 Å². The minimum Gasteiger partial charge on any atom is -0.378 e. The van der Waals surface area contributed by atoms with Crippen molar-refractivity contribution in [2.75, 3.05) is 0 Å². The Kier molecular flexibility index (Phi) is 1.39. The van der Waals surface area contributed by atoms with Crippen molar-refractivity contribution >= 4 is 5.78 Å². The highest BCUT2D eigenvalue weighted by molar-refractivity contribution is 5.98. The number of hydrogen-bond acceptors (Lipinski definition) is 2. The van der Waals surface area contributed by atoms with Crippen molar-refractivity contribution in [1.82, 2.24) is 5.32 Å². The molecular formula is C9H9NO. The second-order valence-corrected chi connectivity index (χ2v) is 2.71. The fraction of sp³-hybridized carbons (Fsp3) is 0.222. The number of nitrogens with one attached hydrogen (secondary N) is 1. The zero-order valence-electron chi connectivity index (χ0n) is 6.08. The summed E-state index contributed by atoms with van der Waals surface area (Å²) in [5, 5.41) is 3.02. The molecule has 0 fully saturated rings. The van der Waals surface area contributed by atoms with Gasteiger partial charge in [0.2, 0.25) is 0 Å². The zero-order valence-corrected chi connectivity index (χ0v) is 6.08. The van der Waals surface area contributed by atoms with Gasteiger partial charge in [0.05, 0.1) is 0 Å². The fourth-order valence-corrected chi connectivity index (χ4v) is 1.38. The molecule has 0 aromatic carbocycles. The third-order valence-corrected chi connectivity index (χ3v) is 1.96. The number of carbonyl (C=O) groups excluding carboxylic acids is 1. The van der Waals surface area contributed by atoms with E-state index >= 15 is 0 Å². The van der Waals surface area contributed by atoms with Gasteiger partial charge in [0.25, 0.3) is 0 Å². The molecule has 2 rings (SSSR count). The lowest BCUT2D eigenvalue weighted by Gasteiger charge is -2.22. The first kappa shape index (κ1) is 6.40. The number of fused-ring (bicyclic) bond motifs is 1. The molecule has 1 unspecified atom stereocenters. The maximum absolute atomic E-state index is 11.2. The van der Waals surface area contributed by atoms with Gasteiger partial charge in [0.15, 0.2) is 5.78 Å². The summed E-state index contributed by atoms with van der Waals surface area (Å²) < 4.78 is 0. The van der Waals surface area contributed by atoms with Crippen molar-refractivity contribution in [2.45, 2.75) is 12.5 Å². The minimum absolute atomic E-state index is 0.0787. The maximum atomic E-state index is 11.2. The lowest BCUT2D eigenvalue weighted by atomic mass is 9.93. The summed E-state index contributed by atoms with van der Waals surface area (Å²) in [6.45, 7) is 0. The van der Waals surface area contributed by atoms with Crippen LogP contribution in [0.3, 0.4) is 0 Å². The Balaban J connectivity index is 2.34. The zero-order chi connectivity index (χ0) is 7.68. The maximum Gasteiger partial charge on any atom is 0.181 e. The topological polar surface area (TPSA) is 29.1 Å². The molecule has 0 saturated carbocycles.